The van der Waals surface area contributed by atoms with Gasteiger partial charge in [0.2, 0.25) is 5.95 Å². The van der Waals surface area contributed by atoms with E-state index < -0.39 is 11.6 Å². The summed E-state index contributed by atoms with van der Waals surface area (Å²) < 4.78 is 0. The number of para-hydroxylation sites is 1. The molecule has 2 heterocycles. The molecule has 27 heavy (non-hydrogen) atoms. The van der Waals surface area contributed by atoms with E-state index >= 15 is 0 Å². The topological polar surface area (TPSA) is 102 Å². The van der Waals surface area contributed by atoms with Crippen LogP contribution in [-0.2, 0) is 6.54 Å². The number of carbonyl (C=O) groups excluding carboxylic acids is 1. The van der Waals surface area contributed by atoms with Crippen molar-refractivity contribution in [3.05, 3.63) is 41.6 Å². The molecule has 0 fully saturated rings. The van der Waals surface area contributed by atoms with Gasteiger partial charge >= 0.3 is 6.03 Å². The Morgan fingerprint density at radius 3 is 2.70 bits per heavy atom. The Bertz CT molecular complexity index is 855. The molecule has 1 aromatic carbocycles. The molecule has 1 atom stereocenters. The summed E-state index contributed by atoms with van der Waals surface area (Å²) in [6.07, 6.45) is 0.702. The number of aromatic nitrogens is 2. The molecule has 1 aliphatic heterocycles. The zero-order chi connectivity index (χ0) is 19.8. The number of benzene rings is 1. The Hall–Kier alpha value is -2.71. The van der Waals surface area contributed by atoms with Gasteiger partial charge in [0, 0.05) is 24.5 Å². The van der Waals surface area contributed by atoms with Gasteiger partial charge < -0.3 is 15.5 Å². The van der Waals surface area contributed by atoms with E-state index in [1.807, 2.05) is 31.2 Å². The Morgan fingerprint density at radius 1 is 1.33 bits per heavy atom. The van der Waals surface area contributed by atoms with Crippen LogP contribution in [0.15, 0.2) is 30.5 Å². The smallest absolute Gasteiger partial charge is 0.330 e. The van der Waals surface area contributed by atoms with Gasteiger partial charge in [-0.2, -0.15) is 4.98 Å². The van der Waals surface area contributed by atoms with Gasteiger partial charge in [0.05, 0.1) is 24.8 Å². The van der Waals surface area contributed by atoms with Crippen LogP contribution in [0.1, 0.15) is 25.0 Å². The molecule has 1 aromatic heterocycles. The molecule has 8 nitrogen and oxygen atoms in total. The summed E-state index contributed by atoms with van der Waals surface area (Å²) in [4.78, 5) is 24.9. The zero-order valence-corrected chi connectivity index (χ0v) is 16.0. The Kier molecular flexibility index (Phi) is 5.03. The molecule has 0 bridgehead atoms. The van der Waals surface area contributed by atoms with Crippen molar-refractivity contribution in [2.45, 2.75) is 39.0 Å². The largest absolute Gasteiger partial charge is 0.394 e. The fourth-order valence-corrected chi connectivity index (χ4v) is 3.02. The van der Waals surface area contributed by atoms with Crippen LogP contribution in [-0.4, -0.2) is 51.5 Å². The first-order chi connectivity index (χ1) is 12.7. The molecule has 144 valence electrons. The van der Waals surface area contributed by atoms with Gasteiger partial charge in [0.25, 0.3) is 0 Å². The van der Waals surface area contributed by atoms with Crippen molar-refractivity contribution in [1.82, 2.24) is 9.97 Å². The van der Waals surface area contributed by atoms with Crippen molar-refractivity contribution >= 4 is 23.5 Å². The van der Waals surface area contributed by atoms with E-state index in [9.17, 15) is 15.0 Å². The van der Waals surface area contributed by atoms with Crippen LogP contribution in [0.25, 0.3) is 0 Å². The second-order valence-corrected chi connectivity index (χ2v) is 7.30. The third kappa shape index (κ3) is 3.58. The molecule has 0 saturated carbocycles. The highest BCUT2D eigenvalue weighted by Crippen LogP contribution is 2.31. The number of aryl methyl sites for hydroxylation is 1. The van der Waals surface area contributed by atoms with Gasteiger partial charge in [-0.15, -0.1) is 0 Å². The summed E-state index contributed by atoms with van der Waals surface area (Å²) in [6.45, 7) is 5.45. The van der Waals surface area contributed by atoms with Crippen molar-refractivity contribution in [1.29, 1.82) is 0 Å². The van der Waals surface area contributed by atoms with Gasteiger partial charge in [-0.25, -0.2) is 9.78 Å². The van der Waals surface area contributed by atoms with E-state index in [2.05, 4.69) is 15.3 Å². The first kappa shape index (κ1) is 19.1. The molecule has 1 aliphatic rings. The minimum atomic E-state index is -0.979. The predicted octanol–water partition coefficient (Wildman–Crippen LogP) is 1.91. The quantitative estimate of drug-likeness (QED) is 0.742. The van der Waals surface area contributed by atoms with Gasteiger partial charge in [0.1, 0.15) is 5.82 Å². The number of amides is 2. The van der Waals surface area contributed by atoms with E-state index in [0.717, 1.165) is 16.8 Å². The highest BCUT2D eigenvalue weighted by molar-refractivity contribution is 6.05. The number of fused-ring (bicyclic) bond motifs is 1. The van der Waals surface area contributed by atoms with Crippen LogP contribution in [0.4, 0.5) is 22.2 Å². The maximum Gasteiger partial charge on any atom is 0.330 e. The number of rotatable bonds is 5. The number of urea groups is 1. The number of carbonyl (C=O) groups is 1. The number of nitrogens with zero attached hydrogens (tertiary/aromatic N) is 4. The van der Waals surface area contributed by atoms with Crippen molar-refractivity contribution in [2.75, 3.05) is 28.8 Å². The minimum absolute atomic E-state index is 0.170. The van der Waals surface area contributed by atoms with Gasteiger partial charge in [-0.05, 0) is 32.4 Å². The second-order valence-electron chi connectivity index (χ2n) is 7.30. The summed E-state index contributed by atoms with van der Waals surface area (Å²) in [5.41, 5.74) is 1.87. The van der Waals surface area contributed by atoms with Crippen molar-refractivity contribution < 1.29 is 15.0 Å². The van der Waals surface area contributed by atoms with Crippen molar-refractivity contribution in [3.63, 3.8) is 0 Å². The number of aliphatic hydroxyl groups excluding tert-OH is 2. The fourth-order valence-electron chi connectivity index (χ4n) is 3.02. The van der Waals surface area contributed by atoms with E-state index in [0.29, 0.717) is 12.4 Å². The summed E-state index contributed by atoms with van der Waals surface area (Å²) in [7, 11) is 1.68. The second kappa shape index (κ2) is 7.13. The summed E-state index contributed by atoms with van der Waals surface area (Å²) in [6, 6.07) is 7.56. The maximum absolute atomic E-state index is 12.9. The molecular weight excluding hydrogens is 346 g/mol. The predicted molar refractivity (Wildman–Crippen MR) is 104 cm³/mol. The van der Waals surface area contributed by atoms with Gasteiger partial charge in [0.15, 0.2) is 0 Å². The molecular formula is C19H25N5O3. The van der Waals surface area contributed by atoms with Crippen LogP contribution in [0.2, 0.25) is 0 Å². The Labute approximate surface area is 158 Å². The molecule has 8 heteroatoms. The number of aliphatic hydroxyl groups is 2. The molecule has 0 saturated heterocycles. The summed E-state index contributed by atoms with van der Waals surface area (Å²) in [5.74, 6) is 0.812. The molecule has 3 rings (SSSR count). The van der Waals surface area contributed by atoms with Crippen LogP contribution in [0, 0.1) is 6.92 Å². The highest BCUT2D eigenvalue weighted by Gasteiger charge is 2.33. The Morgan fingerprint density at radius 2 is 2.04 bits per heavy atom. The zero-order valence-electron chi connectivity index (χ0n) is 16.0. The maximum atomic E-state index is 12.9. The number of hydrogen-bond acceptors (Lipinski definition) is 6. The third-order valence-electron chi connectivity index (χ3n) is 4.85. The van der Waals surface area contributed by atoms with E-state index in [4.69, 9.17) is 0 Å². The number of nitrogens with one attached hydrogen (secondary N) is 1. The van der Waals surface area contributed by atoms with Crippen molar-refractivity contribution in [3.8, 4) is 0 Å². The average molecular weight is 371 g/mol. The standard InChI is InChI=1S/C19H25N5O3/c1-12-7-5-6-8-14(12)24-10-13-9-20-17(21-16(13)23(4)18(24)27)22-19(2,3)15(26)11-25/h5-9,15,25-26H,10-11H2,1-4H3,(H,20,21,22). The van der Waals surface area contributed by atoms with Crippen molar-refractivity contribution in [2.24, 2.45) is 0 Å². The van der Waals surface area contributed by atoms with Gasteiger partial charge in [-0.3, -0.25) is 9.80 Å². The minimum Gasteiger partial charge on any atom is -0.394 e. The third-order valence-corrected chi connectivity index (χ3v) is 4.85. The fraction of sp³-hybridized carbons (Fsp3) is 0.421. The molecule has 3 N–H and O–H groups in total. The lowest BCUT2D eigenvalue weighted by Crippen LogP contribution is -2.47. The molecule has 1 unspecified atom stereocenters. The van der Waals surface area contributed by atoms with Crippen LogP contribution in [0.3, 0.4) is 0 Å². The van der Waals surface area contributed by atoms with Crippen LogP contribution >= 0.6 is 0 Å². The summed E-state index contributed by atoms with van der Waals surface area (Å²) >= 11 is 0. The van der Waals surface area contributed by atoms with Crippen LogP contribution in [0.5, 0.6) is 0 Å². The number of anilines is 3. The van der Waals surface area contributed by atoms with Gasteiger partial charge in [-0.1, -0.05) is 18.2 Å². The first-order valence-corrected chi connectivity index (χ1v) is 8.78. The first-order valence-electron chi connectivity index (χ1n) is 8.78. The molecule has 0 radical (unpaired) electrons. The van der Waals surface area contributed by atoms with E-state index in [-0.39, 0.29) is 18.6 Å². The lowest BCUT2D eigenvalue weighted by atomic mass is 9.98. The molecule has 0 spiro atoms. The average Bonchev–Trinajstić information content (AvgIpc) is 2.64. The summed E-state index contributed by atoms with van der Waals surface area (Å²) in [5, 5.41) is 22.1. The lowest BCUT2D eigenvalue weighted by Gasteiger charge is -2.35. The monoisotopic (exact) mass is 371 g/mol. The molecule has 0 aliphatic carbocycles. The number of hydrogen-bond donors (Lipinski definition) is 3. The molecule has 2 aromatic rings. The van der Waals surface area contributed by atoms with E-state index in [1.54, 1.807) is 32.0 Å². The van der Waals surface area contributed by atoms with E-state index in [1.165, 1.54) is 4.90 Å². The lowest BCUT2D eigenvalue weighted by molar-refractivity contribution is 0.0523. The molecule has 2 amide bonds. The Balaban J connectivity index is 1.91. The SMILES string of the molecule is Cc1ccccc1N1Cc2cnc(NC(C)(C)C(O)CO)nc2N(C)C1=O. The normalized spacial score (nSPS) is 15.6. The van der Waals surface area contributed by atoms with Crippen LogP contribution < -0.4 is 15.1 Å². The highest BCUT2D eigenvalue weighted by atomic mass is 16.3.